The quantitative estimate of drug-likeness (QED) is 0.211. The third kappa shape index (κ3) is 7.99. The number of carbonyl (C=O) groups excluding carboxylic acids is 1. The lowest BCUT2D eigenvalue weighted by Gasteiger charge is -2.27. The minimum atomic E-state index is -1.79. The zero-order chi connectivity index (χ0) is 20.0. The summed E-state index contributed by atoms with van der Waals surface area (Å²) in [5.74, 6) is -0.292. The van der Waals surface area contributed by atoms with Gasteiger partial charge < -0.3 is 16.0 Å². The number of nitrogens with one attached hydrogen (secondary N) is 3. The van der Waals surface area contributed by atoms with Gasteiger partial charge in [0.2, 0.25) is 9.70 Å². The van der Waals surface area contributed by atoms with Crippen LogP contribution in [0.3, 0.4) is 0 Å². The van der Waals surface area contributed by atoms with Crippen molar-refractivity contribution in [1.82, 2.24) is 10.6 Å². The Morgan fingerprint density at radius 1 is 1.07 bits per heavy atom. The first-order valence-electron chi connectivity index (χ1n) is 7.88. The van der Waals surface area contributed by atoms with E-state index in [9.17, 15) is 4.79 Å². The summed E-state index contributed by atoms with van der Waals surface area (Å²) in [5, 5.41) is 8.72. The molecule has 2 aromatic rings. The Balaban J connectivity index is 1.97. The Morgan fingerprint density at radius 2 is 1.67 bits per heavy atom. The molecule has 0 aliphatic carbocycles. The number of carbonyl (C=O) groups is 1. The maximum atomic E-state index is 12.3. The number of aryl methyl sites for hydroxylation is 1. The second-order valence-corrected chi connectivity index (χ2v) is 9.83. The highest BCUT2D eigenvalue weighted by Crippen LogP contribution is 2.29. The van der Waals surface area contributed by atoms with Crippen molar-refractivity contribution in [3.05, 3.63) is 63.2 Å². The van der Waals surface area contributed by atoms with Crippen LogP contribution in [0.1, 0.15) is 11.1 Å². The third-order valence-electron chi connectivity index (χ3n) is 3.50. The van der Waals surface area contributed by atoms with Crippen LogP contribution in [0.5, 0.6) is 0 Å². The summed E-state index contributed by atoms with van der Waals surface area (Å²) in [7, 11) is 0. The summed E-state index contributed by atoms with van der Waals surface area (Å²) < 4.78 is -0.694. The first-order chi connectivity index (χ1) is 12.6. The topological polar surface area (TPSA) is 53.2 Å². The molecule has 144 valence electrons. The van der Waals surface area contributed by atoms with Crippen molar-refractivity contribution in [3.63, 3.8) is 0 Å². The van der Waals surface area contributed by atoms with Crippen LogP contribution in [0.25, 0.3) is 0 Å². The largest absolute Gasteiger partial charge is 0.339 e. The standard InChI is InChI=1S/C18H17Cl3IN3OS/c1-11-2-4-12(5-3-11)10-15(26)24-16(18(19,20)21)25-17(27)23-14-8-6-13(22)7-9-14/h2-9,16H,10H2,1H3,(H,24,26)(H2,23,25,27). The smallest absolute Gasteiger partial charge is 0.228 e. The van der Waals surface area contributed by atoms with Crippen LogP contribution in [0.4, 0.5) is 5.69 Å². The van der Waals surface area contributed by atoms with Crippen molar-refractivity contribution in [2.24, 2.45) is 0 Å². The highest BCUT2D eigenvalue weighted by atomic mass is 127. The SMILES string of the molecule is Cc1ccc(CC(=O)NC(NC(=S)Nc2ccc(I)cc2)C(Cl)(Cl)Cl)cc1. The van der Waals surface area contributed by atoms with E-state index in [1.54, 1.807) is 0 Å². The average Bonchev–Trinajstić information content (AvgIpc) is 2.57. The molecule has 0 heterocycles. The normalized spacial score (nSPS) is 12.2. The van der Waals surface area contributed by atoms with Crippen LogP contribution in [-0.2, 0) is 11.2 Å². The van der Waals surface area contributed by atoms with E-state index < -0.39 is 9.96 Å². The molecule has 3 N–H and O–H groups in total. The van der Waals surface area contributed by atoms with Gasteiger partial charge in [-0.1, -0.05) is 64.6 Å². The fraction of sp³-hybridized carbons (Fsp3) is 0.222. The molecule has 0 aromatic heterocycles. The van der Waals surface area contributed by atoms with E-state index in [1.807, 2.05) is 55.5 Å². The fourth-order valence-electron chi connectivity index (χ4n) is 2.13. The summed E-state index contributed by atoms with van der Waals surface area (Å²) in [6, 6.07) is 15.3. The molecular weight excluding hydrogens is 540 g/mol. The van der Waals surface area contributed by atoms with Gasteiger partial charge in [0.25, 0.3) is 0 Å². The van der Waals surface area contributed by atoms with Crippen LogP contribution in [0.2, 0.25) is 0 Å². The van der Waals surface area contributed by atoms with Crippen LogP contribution in [0, 0.1) is 10.5 Å². The van der Waals surface area contributed by atoms with E-state index in [0.717, 1.165) is 20.4 Å². The van der Waals surface area contributed by atoms with E-state index in [-0.39, 0.29) is 17.4 Å². The minimum Gasteiger partial charge on any atom is -0.339 e. The molecule has 2 rings (SSSR count). The lowest BCUT2D eigenvalue weighted by molar-refractivity contribution is -0.121. The first kappa shape index (κ1) is 22.5. The highest BCUT2D eigenvalue weighted by Gasteiger charge is 2.34. The van der Waals surface area contributed by atoms with E-state index in [4.69, 9.17) is 47.0 Å². The number of hydrogen-bond donors (Lipinski definition) is 3. The molecule has 27 heavy (non-hydrogen) atoms. The molecule has 0 radical (unpaired) electrons. The van der Waals surface area contributed by atoms with E-state index in [0.29, 0.717) is 0 Å². The molecule has 0 fully saturated rings. The average molecular weight is 557 g/mol. The molecule has 0 saturated carbocycles. The molecule has 0 aliphatic heterocycles. The number of anilines is 1. The number of halogens is 4. The molecule has 1 atom stereocenters. The highest BCUT2D eigenvalue weighted by molar-refractivity contribution is 14.1. The van der Waals surface area contributed by atoms with Crippen LogP contribution >= 0.6 is 69.6 Å². The molecule has 0 saturated heterocycles. The second kappa shape index (κ2) is 10.1. The Labute approximate surface area is 192 Å². The summed E-state index contributed by atoms with van der Waals surface area (Å²) >= 11 is 25.5. The van der Waals surface area contributed by atoms with Crippen LogP contribution < -0.4 is 16.0 Å². The zero-order valence-corrected chi connectivity index (χ0v) is 19.5. The summed E-state index contributed by atoms with van der Waals surface area (Å²) in [4.78, 5) is 12.3. The van der Waals surface area contributed by atoms with Gasteiger partial charge in [0, 0.05) is 9.26 Å². The third-order valence-corrected chi connectivity index (χ3v) is 5.09. The van der Waals surface area contributed by atoms with Gasteiger partial charge in [0.15, 0.2) is 5.11 Å². The van der Waals surface area contributed by atoms with Gasteiger partial charge in [0.1, 0.15) is 6.17 Å². The van der Waals surface area contributed by atoms with E-state index in [1.165, 1.54) is 0 Å². The van der Waals surface area contributed by atoms with Gasteiger partial charge in [-0.3, -0.25) is 4.79 Å². The van der Waals surface area contributed by atoms with Gasteiger partial charge in [0.05, 0.1) is 6.42 Å². The van der Waals surface area contributed by atoms with Crippen molar-refractivity contribution in [2.45, 2.75) is 23.3 Å². The number of rotatable bonds is 5. The Kier molecular flexibility index (Phi) is 8.42. The Morgan fingerprint density at radius 3 is 2.22 bits per heavy atom. The number of benzene rings is 2. The lowest BCUT2D eigenvalue weighted by Crippen LogP contribution is -2.56. The molecule has 1 amide bonds. The minimum absolute atomic E-state index is 0.163. The number of hydrogen-bond acceptors (Lipinski definition) is 2. The predicted octanol–water partition coefficient (Wildman–Crippen LogP) is 4.94. The monoisotopic (exact) mass is 555 g/mol. The van der Waals surface area contributed by atoms with Gasteiger partial charge in [-0.25, -0.2) is 0 Å². The molecular formula is C18H17Cl3IN3OS. The van der Waals surface area contributed by atoms with Crippen LogP contribution in [0.15, 0.2) is 48.5 Å². The van der Waals surface area contributed by atoms with Crippen molar-refractivity contribution in [2.75, 3.05) is 5.32 Å². The van der Waals surface area contributed by atoms with Gasteiger partial charge >= 0.3 is 0 Å². The summed E-state index contributed by atoms with van der Waals surface area (Å²) in [5.41, 5.74) is 2.76. The number of amides is 1. The predicted molar refractivity (Wildman–Crippen MR) is 126 cm³/mol. The van der Waals surface area contributed by atoms with Crippen molar-refractivity contribution < 1.29 is 4.79 Å². The van der Waals surface area contributed by atoms with Crippen molar-refractivity contribution >= 4 is 86.3 Å². The maximum absolute atomic E-state index is 12.3. The molecule has 0 spiro atoms. The van der Waals surface area contributed by atoms with Crippen molar-refractivity contribution in [1.29, 1.82) is 0 Å². The summed E-state index contributed by atoms with van der Waals surface area (Å²) in [6.45, 7) is 1.98. The molecule has 9 heteroatoms. The fourth-order valence-corrected chi connectivity index (χ4v) is 3.06. The van der Waals surface area contributed by atoms with Crippen molar-refractivity contribution in [3.8, 4) is 0 Å². The van der Waals surface area contributed by atoms with Crippen LogP contribution in [-0.4, -0.2) is 21.0 Å². The zero-order valence-electron chi connectivity index (χ0n) is 14.2. The van der Waals surface area contributed by atoms with E-state index >= 15 is 0 Å². The van der Waals surface area contributed by atoms with Gasteiger partial charge in [-0.2, -0.15) is 0 Å². The second-order valence-electron chi connectivity index (χ2n) is 5.81. The first-order valence-corrected chi connectivity index (χ1v) is 10.5. The molecule has 2 aromatic carbocycles. The number of alkyl halides is 3. The number of thiocarbonyl (C=S) groups is 1. The lowest BCUT2D eigenvalue weighted by atomic mass is 10.1. The molecule has 1 unspecified atom stereocenters. The molecule has 0 aliphatic rings. The van der Waals surface area contributed by atoms with E-state index in [2.05, 4.69) is 38.5 Å². The summed E-state index contributed by atoms with van der Waals surface area (Å²) in [6.07, 6.45) is -0.833. The Hall–Kier alpha value is -0.800. The Bertz CT molecular complexity index is 733. The van der Waals surface area contributed by atoms with Gasteiger partial charge in [-0.05, 0) is 71.6 Å². The molecule has 0 bridgehead atoms. The molecule has 4 nitrogen and oxygen atoms in total. The van der Waals surface area contributed by atoms with Gasteiger partial charge in [-0.15, -0.1) is 0 Å². The maximum Gasteiger partial charge on any atom is 0.228 e.